The first-order valence-corrected chi connectivity index (χ1v) is 9.07. The molecule has 6 N–H and O–H groups in total. The van der Waals surface area contributed by atoms with Gasteiger partial charge >= 0.3 is 0 Å². The Morgan fingerprint density at radius 1 is 0.828 bits per heavy atom. The Labute approximate surface area is 171 Å². The van der Waals surface area contributed by atoms with E-state index in [9.17, 15) is 0 Å². The highest BCUT2D eigenvalue weighted by molar-refractivity contribution is 5.79. The van der Waals surface area contributed by atoms with Crippen LogP contribution in [0.5, 0.6) is 0 Å². The van der Waals surface area contributed by atoms with Crippen molar-refractivity contribution < 1.29 is 29.4 Å². The molecule has 11 heteroatoms. The van der Waals surface area contributed by atoms with E-state index in [0.717, 1.165) is 0 Å². The normalized spacial score (nSPS) is 12.5. The van der Waals surface area contributed by atoms with E-state index in [1.807, 2.05) is 6.07 Å². The van der Waals surface area contributed by atoms with Gasteiger partial charge in [0.1, 0.15) is 11.7 Å². The number of nitriles is 1. The van der Waals surface area contributed by atoms with Gasteiger partial charge in [0.2, 0.25) is 0 Å². The number of ether oxygens (including phenoxy) is 4. The molecule has 0 aliphatic rings. The van der Waals surface area contributed by atoms with Crippen LogP contribution < -0.4 is 11.5 Å². The maximum Gasteiger partial charge on any atom is 0.141 e. The molecule has 11 nitrogen and oxygen atoms in total. The highest BCUT2D eigenvalue weighted by Gasteiger charge is 2.32. The third-order valence-electron chi connectivity index (χ3n) is 3.64. The summed E-state index contributed by atoms with van der Waals surface area (Å²) in [5.74, 6) is 2.61. The van der Waals surface area contributed by atoms with Gasteiger partial charge in [-0.3, -0.25) is 0 Å². The number of nitrogens with two attached hydrogens (primary N) is 2. The number of terminal acetylenes is 1. The first-order valence-electron chi connectivity index (χ1n) is 9.07. The van der Waals surface area contributed by atoms with Crippen LogP contribution >= 0.6 is 0 Å². The average molecular weight is 413 g/mol. The predicted molar refractivity (Wildman–Crippen MR) is 105 cm³/mol. The lowest BCUT2D eigenvalue weighted by Crippen LogP contribution is -2.42. The predicted octanol–water partition coefficient (Wildman–Crippen LogP) is 0.249. The molecule has 0 aliphatic heterocycles. The summed E-state index contributed by atoms with van der Waals surface area (Å²) < 4.78 is 22.6. The molecule has 0 heterocycles. The molecule has 29 heavy (non-hydrogen) atoms. The Bertz CT molecular complexity index is 520. The Kier molecular flexibility index (Phi) is 16.0. The fourth-order valence-corrected chi connectivity index (χ4v) is 2.11. The van der Waals surface area contributed by atoms with Gasteiger partial charge in [0.05, 0.1) is 70.8 Å². The van der Waals surface area contributed by atoms with Crippen LogP contribution in [0.3, 0.4) is 0 Å². The van der Waals surface area contributed by atoms with Crippen LogP contribution in [0, 0.1) is 29.1 Å². The number of hydrogen-bond acceptors (Lipinski definition) is 9. The molecule has 0 unspecified atom stereocenters. The summed E-state index contributed by atoms with van der Waals surface area (Å²) in [6.07, 6.45) is 6.47. The molecule has 0 rings (SSSR count). The number of rotatable bonds is 18. The number of hydrogen-bond donors (Lipinski definition) is 4. The molecule has 0 bridgehead atoms. The van der Waals surface area contributed by atoms with E-state index in [1.165, 1.54) is 0 Å². The zero-order chi connectivity index (χ0) is 21.8. The summed E-state index contributed by atoms with van der Waals surface area (Å²) in [6, 6.07) is 2.01. The molecule has 0 radical (unpaired) electrons. The highest BCUT2D eigenvalue weighted by atomic mass is 16.5. The molecule has 0 fully saturated rings. The zero-order valence-electron chi connectivity index (χ0n) is 16.6. The fourth-order valence-electron chi connectivity index (χ4n) is 2.11. The monoisotopic (exact) mass is 413 g/mol. The van der Waals surface area contributed by atoms with E-state index in [-0.39, 0.29) is 77.2 Å². The van der Waals surface area contributed by atoms with Crippen LogP contribution in [-0.2, 0) is 18.9 Å². The first kappa shape index (κ1) is 26.4. The van der Waals surface area contributed by atoms with Crippen LogP contribution in [0.25, 0.3) is 0 Å². The van der Waals surface area contributed by atoms with E-state index in [1.54, 1.807) is 0 Å². The molecule has 0 amide bonds. The van der Waals surface area contributed by atoms with Crippen molar-refractivity contribution in [2.45, 2.75) is 25.7 Å². The third kappa shape index (κ3) is 14.1. The number of oxime groups is 2. The topological polar surface area (TPSA) is 178 Å². The third-order valence-corrected chi connectivity index (χ3v) is 3.64. The zero-order valence-corrected chi connectivity index (χ0v) is 16.6. The summed E-state index contributed by atoms with van der Waals surface area (Å²) in [4.78, 5) is 0. The van der Waals surface area contributed by atoms with Crippen LogP contribution in [0.15, 0.2) is 10.3 Å². The smallest absolute Gasteiger partial charge is 0.141 e. The maximum absolute atomic E-state index is 8.68. The minimum Gasteiger partial charge on any atom is -0.409 e. The largest absolute Gasteiger partial charge is 0.409 e. The van der Waals surface area contributed by atoms with Crippen molar-refractivity contribution in [2.75, 3.05) is 52.9 Å². The van der Waals surface area contributed by atoms with Gasteiger partial charge < -0.3 is 40.8 Å². The van der Waals surface area contributed by atoms with Gasteiger partial charge in [-0.2, -0.15) is 5.26 Å². The van der Waals surface area contributed by atoms with Gasteiger partial charge in [-0.1, -0.05) is 10.3 Å². The molecule has 0 aromatic heterocycles. The van der Waals surface area contributed by atoms with E-state index < -0.39 is 5.41 Å². The lowest BCUT2D eigenvalue weighted by Gasteiger charge is -2.33. The van der Waals surface area contributed by atoms with Crippen molar-refractivity contribution in [1.82, 2.24) is 0 Å². The summed E-state index contributed by atoms with van der Waals surface area (Å²) >= 11 is 0. The Morgan fingerprint density at radius 2 is 1.24 bits per heavy atom. The van der Waals surface area contributed by atoms with E-state index in [0.29, 0.717) is 13.0 Å². The van der Waals surface area contributed by atoms with Gasteiger partial charge in [0.15, 0.2) is 0 Å². The molecule has 164 valence electrons. The molecule has 0 aromatic carbocycles. The maximum atomic E-state index is 8.68. The standard InChI is InChI=1S/C18H31N5O6/c1-2-3-8-26-12-18(13-27-9-4-7-19,14-28-10-5-16(20)22-24)15-29-11-6-17(21)23-25/h1,24-25H,3-6,8-15H2,(H2,20,22)(H2,21,23). The Hall–Kier alpha value is -2.57. The second-order valence-corrected chi connectivity index (χ2v) is 6.26. The molecule has 0 aromatic rings. The first-order chi connectivity index (χ1) is 14.0. The van der Waals surface area contributed by atoms with Crippen LogP contribution in [0.1, 0.15) is 25.7 Å². The number of amidine groups is 2. The highest BCUT2D eigenvalue weighted by Crippen LogP contribution is 2.21. The van der Waals surface area contributed by atoms with E-state index in [4.69, 9.17) is 52.5 Å². The fraction of sp³-hybridized carbons (Fsp3) is 0.722. The summed E-state index contributed by atoms with van der Waals surface area (Å²) in [7, 11) is 0. The van der Waals surface area contributed by atoms with E-state index in [2.05, 4.69) is 16.2 Å². The van der Waals surface area contributed by atoms with Gasteiger partial charge in [-0.15, -0.1) is 12.3 Å². The molecular formula is C18H31N5O6. The molecule has 0 saturated carbocycles. The second-order valence-electron chi connectivity index (χ2n) is 6.26. The summed E-state index contributed by atoms with van der Waals surface area (Å²) in [5, 5.41) is 31.7. The van der Waals surface area contributed by atoms with Crippen LogP contribution in [-0.4, -0.2) is 74.9 Å². The summed E-state index contributed by atoms with van der Waals surface area (Å²) in [6.45, 7) is 1.96. The molecular weight excluding hydrogens is 382 g/mol. The van der Waals surface area contributed by atoms with Gasteiger partial charge in [-0.25, -0.2) is 0 Å². The van der Waals surface area contributed by atoms with Gasteiger partial charge in [0, 0.05) is 19.3 Å². The lowest BCUT2D eigenvalue weighted by molar-refractivity contribution is -0.104. The van der Waals surface area contributed by atoms with Crippen molar-refractivity contribution in [3.63, 3.8) is 0 Å². The van der Waals surface area contributed by atoms with Crippen molar-refractivity contribution >= 4 is 11.7 Å². The van der Waals surface area contributed by atoms with Crippen molar-refractivity contribution in [3.8, 4) is 18.4 Å². The minimum atomic E-state index is -0.680. The minimum absolute atomic E-state index is 0.0566. The van der Waals surface area contributed by atoms with Gasteiger partial charge in [0.25, 0.3) is 0 Å². The Morgan fingerprint density at radius 3 is 1.62 bits per heavy atom. The second kappa shape index (κ2) is 17.5. The molecule has 0 saturated heterocycles. The average Bonchev–Trinajstić information content (AvgIpc) is 2.74. The van der Waals surface area contributed by atoms with Gasteiger partial charge in [-0.05, 0) is 0 Å². The van der Waals surface area contributed by atoms with Crippen molar-refractivity contribution in [1.29, 1.82) is 5.26 Å². The van der Waals surface area contributed by atoms with E-state index >= 15 is 0 Å². The molecule has 0 atom stereocenters. The SMILES string of the molecule is C#CCCOCC(COCCC#N)(COCC/C(N)=N\O)COCC/C(N)=N\O. The summed E-state index contributed by atoms with van der Waals surface area (Å²) in [5.41, 5.74) is 10.2. The number of nitrogens with zero attached hydrogens (tertiary/aromatic N) is 3. The van der Waals surface area contributed by atoms with Crippen molar-refractivity contribution in [2.24, 2.45) is 27.2 Å². The van der Waals surface area contributed by atoms with Crippen molar-refractivity contribution in [3.05, 3.63) is 0 Å². The van der Waals surface area contributed by atoms with Crippen LogP contribution in [0.4, 0.5) is 0 Å². The lowest BCUT2D eigenvalue weighted by atomic mass is 9.92. The molecule has 0 aliphatic carbocycles. The molecule has 0 spiro atoms. The quantitative estimate of drug-likeness (QED) is 0.0612. The Balaban J connectivity index is 4.94. The van der Waals surface area contributed by atoms with Crippen LogP contribution in [0.2, 0.25) is 0 Å².